The van der Waals surface area contributed by atoms with Crippen LogP contribution in [0.3, 0.4) is 0 Å². The van der Waals surface area contributed by atoms with E-state index in [1.165, 1.54) is 0 Å². The van der Waals surface area contributed by atoms with Gasteiger partial charge in [-0.25, -0.2) is 9.59 Å². The maximum Gasteiger partial charge on any atom is 0.407 e. The Labute approximate surface area is 187 Å². The third-order valence-corrected chi connectivity index (χ3v) is 6.29. The van der Waals surface area contributed by atoms with Gasteiger partial charge in [-0.3, -0.25) is 4.79 Å². The first kappa shape index (κ1) is 21.9. The first-order valence-electron chi connectivity index (χ1n) is 11.2. The zero-order chi connectivity index (χ0) is 22.5. The lowest BCUT2D eigenvalue weighted by molar-refractivity contribution is -0.141. The van der Waals surface area contributed by atoms with Gasteiger partial charge in [-0.1, -0.05) is 67.8 Å². The maximum absolute atomic E-state index is 12.4. The van der Waals surface area contributed by atoms with E-state index in [0.29, 0.717) is 0 Å². The van der Waals surface area contributed by atoms with E-state index in [4.69, 9.17) is 4.74 Å². The normalized spacial score (nSPS) is 16.5. The molecule has 0 spiro atoms. The van der Waals surface area contributed by atoms with Crippen molar-refractivity contribution in [3.8, 4) is 11.1 Å². The number of carbonyl (C=O) groups is 3. The molecule has 0 heterocycles. The Balaban J connectivity index is 1.34. The minimum atomic E-state index is -1.34. The van der Waals surface area contributed by atoms with Crippen molar-refractivity contribution in [1.82, 2.24) is 10.6 Å². The molecule has 0 saturated heterocycles. The van der Waals surface area contributed by atoms with Crippen molar-refractivity contribution in [2.75, 3.05) is 6.61 Å². The van der Waals surface area contributed by atoms with Crippen LogP contribution < -0.4 is 10.6 Å². The van der Waals surface area contributed by atoms with Crippen molar-refractivity contribution in [3.05, 3.63) is 59.7 Å². The van der Waals surface area contributed by atoms with Gasteiger partial charge >= 0.3 is 12.1 Å². The lowest BCUT2D eigenvalue weighted by Gasteiger charge is -2.23. The molecule has 1 saturated carbocycles. The Bertz CT molecular complexity index is 954. The lowest BCUT2D eigenvalue weighted by Crippen LogP contribution is -2.46. The molecule has 2 aliphatic carbocycles. The van der Waals surface area contributed by atoms with Gasteiger partial charge in [0.25, 0.3) is 0 Å². The highest BCUT2D eigenvalue weighted by Crippen LogP contribution is 2.44. The second-order valence-corrected chi connectivity index (χ2v) is 8.47. The minimum absolute atomic E-state index is 0.0835. The average Bonchev–Trinajstić information content (AvgIpc) is 3.11. The van der Waals surface area contributed by atoms with Crippen LogP contribution in [0.2, 0.25) is 0 Å². The summed E-state index contributed by atoms with van der Waals surface area (Å²) in [5.41, 5.74) is 4.37. The molecular formula is C25H28N2O5. The van der Waals surface area contributed by atoms with E-state index in [0.717, 1.165) is 54.4 Å². The smallest absolute Gasteiger partial charge is 0.407 e. The quantitative estimate of drug-likeness (QED) is 0.612. The molecule has 0 aliphatic heterocycles. The number of alkyl carbamates (subject to hydrolysis) is 1. The molecule has 2 aliphatic rings. The Morgan fingerprint density at radius 2 is 1.53 bits per heavy atom. The van der Waals surface area contributed by atoms with Gasteiger partial charge in [0.2, 0.25) is 5.91 Å². The fourth-order valence-corrected chi connectivity index (χ4v) is 4.70. The monoisotopic (exact) mass is 436 g/mol. The summed E-state index contributed by atoms with van der Waals surface area (Å²) >= 11 is 0. The van der Waals surface area contributed by atoms with Crippen molar-refractivity contribution in [3.63, 3.8) is 0 Å². The van der Waals surface area contributed by atoms with E-state index in [9.17, 15) is 19.5 Å². The van der Waals surface area contributed by atoms with Crippen LogP contribution in [0.15, 0.2) is 48.5 Å². The topological polar surface area (TPSA) is 105 Å². The van der Waals surface area contributed by atoms with E-state index in [2.05, 4.69) is 10.6 Å². The molecule has 1 fully saturated rings. The number of ether oxygens (including phenoxy) is 1. The molecule has 1 atom stereocenters. The molecule has 32 heavy (non-hydrogen) atoms. The molecular weight excluding hydrogens is 408 g/mol. The third kappa shape index (κ3) is 4.93. The van der Waals surface area contributed by atoms with Gasteiger partial charge in [0.05, 0.1) is 6.42 Å². The highest BCUT2D eigenvalue weighted by atomic mass is 16.5. The molecule has 7 nitrogen and oxygen atoms in total. The molecule has 4 rings (SSSR count). The summed E-state index contributed by atoms with van der Waals surface area (Å²) in [4.78, 5) is 36.3. The molecule has 0 bridgehead atoms. The molecule has 3 N–H and O–H groups in total. The Hall–Kier alpha value is -3.35. The predicted molar refractivity (Wildman–Crippen MR) is 119 cm³/mol. The summed E-state index contributed by atoms with van der Waals surface area (Å²) in [6, 6.07) is 14.7. The number of carboxylic acid groups (broad SMARTS) is 1. The highest BCUT2D eigenvalue weighted by Gasteiger charge is 2.30. The number of carboxylic acids is 1. The number of aliphatic carboxylic acids is 1. The number of carbonyl (C=O) groups excluding carboxylic acids is 2. The largest absolute Gasteiger partial charge is 0.480 e. The summed E-state index contributed by atoms with van der Waals surface area (Å²) in [5, 5.41) is 14.7. The van der Waals surface area contributed by atoms with Gasteiger partial charge in [0, 0.05) is 12.0 Å². The van der Waals surface area contributed by atoms with Gasteiger partial charge in [0.1, 0.15) is 12.6 Å². The van der Waals surface area contributed by atoms with Crippen molar-refractivity contribution in [1.29, 1.82) is 0 Å². The van der Waals surface area contributed by atoms with Crippen molar-refractivity contribution >= 4 is 18.0 Å². The number of benzene rings is 2. The molecule has 2 aromatic carbocycles. The fraction of sp³-hybridized carbons (Fsp3) is 0.400. The average molecular weight is 437 g/mol. The van der Waals surface area contributed by atoms with Crippen molar-refractivity contribution in [2.24, 2.45) is 0 Å². The van der Waals surface area contributed by atoms with Crippen LogP contribution >= 0.6 is 0 Å². The number of hydrogen-bond donors (Lipinski definition) is 3. The van der Waals surface area contributed by atoms with Crippen LogP contribution in [-0.2, 0) is 14.3 Å². The van der Waals surface area contributed by atoms with E-state index in [1.54, 1.807) is 0 Å². The number of nitrogens with one attached hydrogen (secondary N) is 2. The van der Waals surface area contributed by atoms with Crippen LogP contribution in [-0.4, -0.2) is 41.8 Å². The standard InChI is InChI=1S/C25H28N2O5/c28-23(26-16-8-2-1-3-9-16)14-22(24(29)30)27-25(31)32-15-21-19-12-6-4-10-17(19)18-11-5-7-13-20(18)21/h4-7,10-13,16,21-22H,1-3,8-9,14-15H2,(H,26,28)(H,27,31)(H,29,30)/t22-/m0/s1. The van der Waals surface area contributed by atoms with Gasteiger partial charge in [-0.15, -0.1) is 0 Å². The van der Waals surface area contributed by atoms with Crippen LogP contribution in [0, 0.1) is 0 Å². The molecule has 0 unspecified atom stereocenters. The lowest BCUT2D eigenvalue weighted by atomic mass is 9.95. The summed E-state index contributed by atoms with van der Waals surface area (Å²) in [6.07, 6.45) is 3.93. The third-order valence-electron chi connectivity index (χ3n) is 6.29. The van der Waals surface area contributed by atoms with Crippen molar-refractivity contribution < 1.29 is 24.2 Å². The summed E-state index contributed by atoms with van der Waals surface area (Å²) < 4.78 is 5.41. The molecule has 0 radical (unpaired) electrons. The Morgan fingerprint density at radius 1 is 0.938 bits per heavy atom. The fourth-order valence-electron chi connectivity index (χ4n) is 4.70. The van der Waals surface area contributed by atoms with Crippen LogP contribution in [0.25, 0.3) is 11.1 Å². The van der Waals surface area contributed by atoms with E-state index >= 15 is 0 Å². The van der Waals surface area contributed by atoms with Crippen LogP contribution in [0.4, 0.5) is 4.79 Å². The summed E-state index contributed by atoms with van der Waals surface area (Å²) in [5.74, 6) is -1.76. The van der Waals surface area contributed by atoms with Gasteiger partial charge in [-0.05, 0) is 35.1 Å². The van der Waals surface area contributed by atoms with E-state index in [-0.39, 0.29) is 30.9 Å². The first-order valence-corrected chi connectivity index (χ1v) is 11.2. The van der Waals surface area contributed by atoms with Crippen LogP contribution in [0.1, 0.15) is 55.6 Å². The zero-order valence-electron chi connectivity index (χ0n) is 17.9. The van der Waals surface area contributed by atoms with E-state index in [1.807, 2.05) is 48.5 Å². The Kier molecular flexibility index (Phi) is 6.73. The predicted octanol–water partition coefficient (Wildman–Crippen LogP) is 3.82. The Morgan fingerprint density at radius 3 is 2.12 bits per heavy atom. The van der Waals surface area contributed by atoms with E-state index < -0.39 is 18.1 Å². The van der Waals surface area contributed by atoms with Gasteiger partial charge in [0.15, 0.2) is 0 Å². The number of hydrogen-bond acceptors (Lipinski definition) is 4. The molecule has 168 valence electrons. The molecule has 2 aromatic rings. The molecule has 0 aromatic heterocycles. The van der Waals surface area contributed by atoms with Crippen molar-refractivity contribution in [2.45, 2.75) is 56.5 Å². The minimum Gasteiger partial charge on any atom is -0.480 e. The maximum atomic E-state index is 12.4. The highest BCUT2D eigenvalue weighted by molar-refractivity contribution is 5.87. The number of amides is 2. The summed E-state index contributed by atoms with van der Waals surface area (Å²) in [7, 11) is 0. The second-order valence-electron chi connectivity index (χ2n) is 8.47. The number of rotatable bonds is 7. The van der Waals surface area contributed by atoms with Gasteiger partial charge in [-0.2, -0.15) is 0 Å². The first-order chi connectivity index (χ1) is 15.5. The second kappa shape index (κ2) is 9.85. The zero-order valence-corrected chi connectivity index (χ0v) is 17.9. The van der Waals surface area contributed by atoms with Gasteiger partial charge < -0.3 is 20.5 Å². The molecule has 2 amide bonds. The SMILES string of the molecule is O=C(C[C@H](NC(=O)OCC1c2ccccc2-c2ccccc21)C(=O)O)NC1CCCCC1. The number of fused-ring (bicyclic) bond motifs is 3. The summed E-state index contributed by atoms with van der Waals surface area (Å²) in [6.45, 7) is 0.0838. The van der Waals surface area contributed by atoms with Crippen LogP contribution in [0.5, 0.6) is 0 Å². The molecule has 7 heteroatoms.